The summed E-state index contributed by atoms with van der Waals surface area (Å²) >= 11 is 0. The van der Waals surface area contributed by atoms with Gasteiger partial charge in [-0.15, -0.1) is 0 Å². The van der Waals surface area contributed by atoms with Crippen LogP contribution in [0.4, 0.5) is 0 Å². The summed E-state index contributed by atoms with van der Waals surface area (Å²) in [6.45, 7) is 0.324. The van der Waals surface area contributed by atoms with E-state index in [9.17, 15) is 18.3 Å². The average molecular weight is 328 g/mol. The molecule has 1 saturated heterocycles. The lowest BCUT2D eigenvalue weighted by Gasteiger charge is -2.31. The van der Waals surface area contributed by atoms with Crippen molar-refractivity contribution in [2.24, 2.45) is 5.92 Å². The minimum Gasteiger partial charge on any atom is -0.550 e. The molecule has 22 heavy (non-hydrogen) atoms. The highest BCUT2D eigenvalue weighted by atomic mass is 32.2. The molecule has 7 nitrogen and oxygen atoms in total. The molecule has 8 heteroatoms. The molecular weight excluding hydrogens is 310 g/mol. The highest BCUT2D eigenvalue weighted by Gasteiger charge is 2.30. The number of hydrogen-bond donors (Lipinski definition) is 0. The topological polar surface area (TPSA) is 96.0 Å². The zero-order valence-corrected chi connectivity index (χ0v) is 13.3. The fraction of sp³-hybridized carbons (Fsp3) is 0.500. The Hall–Kier alpha value is -1.80. The van der Waals surface area contributed by atoms with Gasteiger partial charge in [0, 0.05) is 31.0 Å². The van der Waals surface area contributed by atoms with Crippen molar-refractivity contribution in [2.75, 3.05) is 27.3 Å². The summed E-state index contributed by atoms with van der Waals surface area (Å²) in [5.74, 6) is -0.940. The molecule has 0 saturated carbocycles. The van der Waals surface area contributed by atoms with Gasteiger partial charge in [-0.25, -0.2) is 8.42 Å². The van der Waals surface area contributed by atoms with Gasteiger partial charge in [0.25, 0.3) is 0 Å². The summed E-state index contributed by atoms with van der Waals surface area (Å²) < 4.78 is 36.7. The zero-order chi connectivity index (χ0) is 16.3. The molecule has 1 aliphatic heterocycles. The Labute approximate surface area is 129 Å². The van der Waals surface area contributed by atoms with Gasteiger partial charge in [0.15, 0.2) is 11.5 Å². The molecule has 122 valence electrons. The number of carboxylic acid groups (broad SMARTS) is 1. The van der Waals surface area contributed by atoms with Crippen molar-refractivity contribution in [3.63, 3.8) is 0 Å². The molecule has 1 heterocycles. The van der Waals surface area contributed by atoms with Crippen LogP contribution in [0.2, 0.25) is 0 Å². The number of carbonyl (C=O) groups excluding carboxylic acids is 1. The van der Waals surface area contributed by atoms with Crippen molar-refractivity contribution in [3.05, 3.63) is 18.2 Å². The molecule has 1 aromatic carbocycles. The van der Waals surface area contributed by atoms with E-state index in [0.717, 1.165) is 0 Å². The summed E-state index contributed by atoms with van der Waals surface area (Å²) in [6, 6.07) is 4.38. The highest BCUT2D eigenvalue weighted by Crippen LogP contribution is 2.31. The minimum atomic E-state index is -3.68. The van der Waals surface area contributed by atoms with E-state index in [-0.39, 0.29) is 30.8 Å². The Balaban J connectivity index is 2.22. The van der Waals surface area contributed by atoms with Crippen LogP contribution in [0.1, 0.15) is 12.8 Å². The Kier molecular flexibility index (Phi) is 4.92. The normalized spacial score (nSPS) is 17.2. The maximum absolute atomic E-state index is 12.6. The van der Waals surface area contributed by atoms with E-state index in [1.807, 2.05) is 0 Å². The molecule has 0 unspecified atom stereocenters. The number of methoxy groups -OCH3 is 2. The second kappa shape index (κ2) is 6.53. The van der Waals surface area contributed by atoms with Crippen LogP contribution in [0, 0.1) is 5.92 Å². The Bertz CT molecular complexity index is 649. The van der Waals surface area contributed by atoms with Crippen LogP contribution in [0.3, 0.4) is 0 Å². The molecular formula is C14H18NO6S-. The number of rotatable bonds is 5. The van der Waals surface area contributed by atoms with Crippen molar-refractivity contribution in [3.8, 4) is 11.5 Å². The van der Waals surface area contributed by atoms with Gasteiger partial charge in [0.05, 0.1) is 19.1 Å². The molecule has 1 aliphatic rings. The third-order valence-electron chi connectivity index (χ3n) is 3.78. The van der Waals surface area contributed by atoms with Crippen molar-refractivity contribution >= 4 is 16.0 Å². The molecule has 1 aromatic rings. The Morgan fingerprint density at radius 2 is 1.77 bits per heavy atom. The predicted molar refractivity (Wildman–Crippen MR) is 76.0 cm³/mol. The minimum absolute atomic E-state index is 0.0945. The number of sulfonamides is 1. The van der Waals surface area contributed by atoms with E-state index in [1.165, 1.54) is 36.7 Å². The first kappa shape index (κ1) is 16.6. The van der Waals surface area contributed by atoms with Gasteiger partial charge >= 0.3 is 0 Å². The summed E-state index contributed by atoms with van der Waals surface area (Å²) in [5.41, 5.74) is 0. The molecule has 2 rings (SSSR count). The van der Waals surface area contributed by atoms with Crippen LogP contribution in [0.5, 0.6) is 11.5 Å². The van der Waals surface area contributed by atoms with Gasteiger partial charge < -0.3 is 19.4 Å². The van der Waals surface area contributed by atoms with E-state index >= 15 is 0 Å². The molecule has 0 N–H and O–H groups in total. The van der Waals surface area contributed by atoms with Crippen molar-refractivity contribution in [2.45, 2.75) is 17.7 Å². The first-order chi connectivity index (χ1) is 10.4. The number of hydrogen-bond acceptors (Lipinski definition) is 6. The van der Waals surface area contributed by atoms with Crippen LogP contribution < -0.4 is 14.6 Å². The number of carboxylic acids is 1. The predicted octanol–water partition coefficient (Wildman–Crippen LogP) is -0.146. The smallest absolute Gasteiger partial charge is 0.243 e. The van der Waals surface area contributed by atoms with Gasteiger partial charge in [-0.1, -0.05) is 0 Å². The van der Waals surface area contributed by atoms with E-state index in [4.69, 9.17) is 9.47 Å². The first-order valence-electron chi connectivity index (χ1n) is 6.83. The fourth-order valence-electron chi connectivity index (χ4n) is 2.46. The Morgan fingerprint density at radius 3 is 2.27 bits per heavy atom. The first-order valence-corrected chi connectivity index (χ1v) is 8.27. The van der Waals surface area contributed by atoms with E-state index < -0.39 is 21.9 Å². The largest absolute Gasteiger partial charge is 0.550 e. The molecule has 0 amide bonds. The van der Waals surface area contributed by atoms with Crippen LogP contribution in [-0.2, 0) is 14.8 Å². The summed E-state index contributed by atoms with van der Waals surface area (Å²) in [7, 11) is -0.785. The molecule has 0 bridgehead atoms. The van der Waals surface area contributed by atoms with Gasteiger partial charge in [-0.05, 0) is 25.0 Å². The van der Waals surface area contributed by atoms with Gasteiger partial charge in [0.2, 0.25) is 10.0 Å². The van der Waals surface area contributed by atoms with Crippen molar-refractivity contribution < 1.29 is 27.8 Å². The maximum Gasteiger partial charge on any atom is 0.243 e. The quantitative estimate of drug-likeness (QED) is 0.746. The Morgan fingerprint density at radius 1 is 1.18 bits per heavy atom. The molecule has 0 radical (unpaired) electrons. The second-order valence-corrected chi connectivity index (χ2v) is 6.95. The van der Waals surface area contributed by atoms with Crippen LogP contribution in [0.25, 0.3) is 0 Å². The summed E-state index contributed by atoms with van der Waals surface area (Å²) in [4.78, 5) is 10.9. The van der Waals surface area contributed by atoms with Gasteiger partial charge in [-0.3, -0.25) is 0 Å². The van der Waals surface area contributed by atoms with E-state index in [0.29, 0.717) is 11.5 Å². The third-order valence-corrected chi connectivity index (χ3v) is 5.67. The number of aliphatic carboxylic acids is 1. The van der Waals surface area contributed by atoms with Crippen molar-refractivity contribution in [1.82, 2.24) is 4.31 Å². The lowest BCUT2D eigenvalue weighted by molar-refractivity contribution is -0.312. The number of carbonyl (C=O) groups is 1. The van der Waals surface area contributed by atoms with Crippen LogP contribution in [-0.4, -0.2) is 46.0 Å². The van der Waals surface area contributed by atoms with Crippen LogP contribution >= 0.6 is 0 Å². The molecule has 0 aromatic heterocycles. The number of benzene rings is 1. The third kappa shape index (κ3) is 3.17. The second-order valence-electron chi connectivity index (χ2n) is 5.01. The van der Waals surface area contributed by atoms with Crippen LogP contribution in [0.15, 0.2) is 23.1 Å². The molecule has 0 aliphatic carbocycles. The van der Waals surface area contributed by atoms with Gasteiger partial charge in [-0.2, -0.15) is 4.31 Å². The number of piperidine rings is 1. The lowest BCUT2D eigenvalue weighted by Crippen LogP contribution is -2.43. The van der Waals surface area contributed by atoms with Crippen molar-refractivity contribution in [1.29, 1.82) is 0 Å². The molecule has 1 fully saturated rings. The summed E-state index contributed by atoms with van der Waals surface area (Å²) in [5, 5.41) is 10.8. The molecule has 0 atom stereocenters. The summed E-state index contributed by atoms with van der Waals surface area (Å²) in [6.07, 6.45) is 0.518. The SMILES string of the molecule is COc1ccc(S(=O)(=O)N2CCC(C(=O)[O-])CC2)cc1OC. The number of ether oxygens (including phenoxy) is 2. The zero-order valence-electron chi connectivity index (χ0n) is 12.4. The van der Waals surface area contributed by atoms with E-state index in [2.05, 4.69) is 0 Å². The number of nitrogens with zero attached hydrogens (tertiary/aromatic N) is 1. The lowest BCUT2D eigenvalue weighted by atomic mass is 9.99. The molecule has 0 spiro atoms. The fourth-order valence-corrected chi connectivity index (χ4v) is 3.94. The average Bonchev–Trinajstić information content (AvgIpc) is 2.54. The van der Waals surface area contributed by atoms with E-state index in [1.54, 1.807) is 0 Å². The maximum atomic E-state index is 12.6. The van der Waals surface area contributed by atoms with Gasteiger partial charge in [0.1, 0.15) is 0 Å². The highest BCUT2D eigenvalue weighted by molar-refractivity contribution is 7.89. The monoisotopic (exact) mass is 328 g/mol. The standard InChI is InChI=1S/C14H19NO6S/c1-20-12-4-3-11(9-13(12)21-2)22(18,19)15-7-5-10(6-8-15)14(16)17/h3-4,9-10H,5-8H2,1-2H3,(H,16,17)/p-1.